The molecule has 0 spiro atoms. The second kappa shape index (κ2) is 7.58. The number of benzene rings is 1. The molecule has 126 valence electrons. The largest absolute Gasteiger partial charge is 0.338 e. The molecule has 0 saturated carbocycles. The number of nitrogens with one attached hydrogen (secondary N) is 1. The molecule has 25 heavy (non-hydrogen) atoms. The predicted octanol–water partition coefficient (Wildman–Crippen LogP) is 3.46. The number of aromatic nitrogens is 4. The third-order valence-corrected chi connectivity index (χ3v) is 4.05. The van der Waals surface area contributed by atoms with E-state index in [9.17, 15) is 5.26 Å². The van der Waals surface area contributed by atoms with Crippen LogP contribution >= 0.6 is 0 Å². The van der Waals surface area contributed by atoms with Gasteiger partial charge in [0.1, 0.15) is 11.6 Å². The molecule has 0 unspecified atom stereocenters. The van der Waals surface area contributed by atoms with E-state index < -0.39 is 0 Å². The highest BCUT2D eigenvalue weighted by atomic mass is 15.3. The zero-order valence-electron chi connectivity index (χ0n) is 14.4. The first-order valence-electron chi connectivity index (χ1n) is 8.37. The van der Waals surface area contributed by atoms with Gasteiger partial charge >= 0.3 is 0 Å². The van der Waals surface area contributed by atoms with Crippen molar-refractivity contribution in [3.63, 3.8) is 0 Å². The van der Waals surface area contributed by atoms with Gasteiger partial charge in [0.05, 0.1) is 12.2 Å². The van der Waals surface area contributed by atoms with Gasteiger partial charge in [-0.2, -0.15) is 15.5 Å². The monoisotopic (exact) mass is 332 g/mol. The summed E-state index contributed by atoms with van der Waals surface area (Å²) in [6.45, 7) is 4.75. The Morgan fingerprint density at radius 2 is 2.04 bits per heavy atom. The van der Waals surface area contributed by atoms with Crippen molar-refractivity contribution in [3.05, 3.63) is 65.1 Å². The number of rotatable bonds is 6. The van der Waals surface area contributed by atoms with Gasteiger partial charge < -0.3 is 5.32 Å². The summed E-state index contributed by atoms with van der Waals surface area (Å²) in [6, 6.07) is 12.2. The summed E-state index contributed by atoms with van der Waals surface area (Å²) in [4.78, 5) is 0. The Morgan fingerprint density at radius 3 is 2.72 bits per heavy atom. The van der Waals surface area contributed by atoms with Gasteiger partial charge in [-0.3, -0.25) is 4.68 Å². The number of anilines is 2. The van der Waals surface area contributed by atoms with Gasteiger partial charge in [-0.15, -0.1) is 5.10 Å². The van der Waals surface area contributed by atoms with Crippen LogP contribution in [0, 0.1) is 11.3 Å². The van der Waals surface area contributed by atoms with E-state index in [2.05, 4.69) is 26.7 Å². The quantitative estimate of drug-likeness (QED) is 0.748. The summed E-state index contributed by atoms with van der Waals surface area (Å²) < 4.78 is 1.87. The first-order valence-corrected chi connectivity index (χ1v) is 8.37. The maximum atomic E-state index is 9.58. The first kappa shape index (κ1) is 16.7. The molecule has 0 radical (unpaired) electrons. The topological polar surface area (TPSA) is 79.4 Å². The Bertz CT molecular complexity index is 893. The number of nitriles is 1. The van der Waals surface area contributed by atoms with E-state index in [1.165, 1.54) is 0 Å². The van der Waals surface area contributed by atoms with Crippen molar-refractivity contribution in [3.8, 4) is 6.07 Å². The maximum absolute atomic E-state index is 9.58. The summed E-state index contributed by atoms with van der Waals surface area (Å²) in [6.07, 6.45) is 5.22. The molecule has 0 fully saturated rings. The third kappa shape index (κ3) is 3.66. The van der Waals surface area contributed by atoms with E-state index in [0.29, 0.717) is 17.9 Å². The van der Waals surface area contributed by atoms with Crippen molar-refractivity contribution in [1.29, 1.82) is 5.26 Å². The van der Waals surface area contributed by atoms with E-state index in [4.69, 9.17) is 0 Å². The van der Waals surface area contributed by atoms with Crippen LogP contribution in [0.15, 0.2) is 42.7 Å². The molecule has 1 N–H and O–H groups in total. The zero-order valence-corrected chi connectivity index (χ0v) is 14.4. The van der Waals surface area contributed by atoms with Gasteiger partial charge in [0.25, 0.3) is 0 Å². The maximum Gasteiger partial charge on any atom is 0.171 e. The molecule has 0 amide bonds. The van der Waals surface area contributed by atoms with Crippen LogP contribution in [-0.2, 0) is 19.4 Å². The minimum atomic E-state index is 0.507. The van der Waals surface area contributed by atoms with Crippen LogP contribution in [0.25, 0.3) is 0 Å². The molecule has 3 rings (SSSR count). The molecule has 3 aromatic rings. The fraction of sp³-hybridized carbons (Fsp3) is 0.263. The summed E-state index contributed by atoms with van der Waals surface area (Å²) in [7, 11) is 0. The Labute approximate surface area is 147 Å². The van der Waals surface area contributed by atoms with Gasteiger partial charge in [0.15, 0.2) is 5.82 Å². The van der Waals surface area contributed by atoms with Crippen LogP contribution in [0.3, 0.4) is 0 Å². The third-order valence-electron chi connectivity index (χ3n) is 4.05. The van der Waals surface area contributed by atoms with E-state index in [-0.39, 0.29) is 0 Å². The fourth-order valence-corrected chi connectivity index (χ4v) is 2.85. The highest BCUT2D eigenvalue weighted by molar-refractivity contribution is 5.65. The Kier molecular flexibility index (Phi) is 5.05. The molecule has 0 aliphatic rings. The number of hydrogen-bond donors (Lipinski definition) is 1. The van der Waals surface area contributed by atoms with Crippen LogP contribution in [0.1, 0.15) is 36.2 Å². The lowest BCUT2D eigenvalue weighted by Gasteiger charge is -2.12. The highest BCUT2D eigenvalue weighted by Crippen LogP contribution is 2.24. The molecule has 0 aliphatic heterocycles. The lowest BCUT2D eigenvalue weighted by Crippen LogP contribution is -2.07. The number of hydrogen-bond acceptors (Lipinski definition) is 5. The fourth-order valence-electron chi connectivity index (χ4n) is 2.85. The van der Waals surface area contributed by atoms with Gasteiger partial charge in [0, 0.05) is 18.1 Å². The predicted molar refractivity (Wildman–Crippen MR) is 96.6 cm³/mol. The smallest absolute Gasteiger partial charge is 0.171 e. The average Bonchev–Trinajstić information content (AvgIpc) is 3.14. The van der Waals surface area contributed by atoms with Crippen LogP contribution in [-0.4, -0.2) is 20.0 Å². The first-order chi connectivity index (χ1) is 12.2. The lowest BCUT2D eigenvalue weighted by molar-refractivity contribution is 0.687. The summed E-state index contributed by atoms with van der Waals surface area (Å²) in [5.74, 6) is 0.507. The van der Waals surface area contributed by atoms with E-state index >= 15 is 0 Å². The SMILES string of the molecule is CCc1nnc(Nc2cccc(Cn3cccn3)c2)c(C#N)c1CC. The molecule has 1 aromatic carbocycles. The second-order valence-electron chi connectivity index (χ2n) is 5.70. The van der Waals surface area contributed by atoms with Gasteiger partial charge in [0.2, 0.25) is 0 Å². The Balaban J connectivity index is 1.89. The van der Waals surface area contributed by atoms with Crippen LogP contribution in [0.5, 0.6) is 0 Å². The minimum absolute atomic E-state index is 0.507. The molecule has 0 atom stereocenters. The molecular weight excluding hydrogens is 312 g/mol. The molecule has 2 heterocycles. The van der Waals surface area contributed by atoms with Crippen LogP contribution < -0.4 is 5.32 Å². The zero-order chi connectivity index (χ0) is 17.6. The summed E-state index contributed by atoms with van der Waals surface area (Å²) >= 11 is 0. The standard InChI is InChI=1S/C19H20N6/c1-3-16-17(12-20)19(24-23-18(16)4-2)22-15-8-5-7-14(11-15)13-25-10-6-9-21-25/h5-11H,3-4,13H2,1-2H3,(H,22,24). The van der Waals surface area contributed by atoms with Crippen LogP contribution in [0.4, 0.5) is 11.5 Å². The number of aryl methyl sites for hydroxylation is 1. The molecule has 0 bridgehead atoms. The van der Waals surface area contributed by atoms with Crippen molar-refractivity contribution >= 4 is 11.5 Å². The molecule has 0 saturated heterocycles. The Hall–Kier alpha value is -3.20. The van der Waals surface area contributed by atoms with E-state index in [1.807, 2.05) is 55.1 Å². The van der Waals surface area contributed by atoms with Crippen molar-refractivity contribution in [2.75, 3.05) is 5.32 Å². The van der Waals surface area contributed by atoms with Gasteiger partial charge in [-0.05, 0) is 42.2 Å². The Morgan fingerprint density at radius 1 is 1.16 bits per heavy atom. The molecule has 6 heteroatoms. The van der Waals surface area contributed by atoms with Crippen molar-refractivity contribution in [1.82, 2.24) is 20.0 Å². The van der Waals surface area contributed by atoms with E-state index in [1.54, 1.807) is 6.20 Å². The molecular formula is C19H20N6. The minimum Gasteiger partial charge on any atom is -0.338 e. The molecule has 2 aromatic heterocycles. The number of nitrogens with zero attached hydrogens (tertiary/aromatic N) is 5. The summed E-state index contributed by atoms with van der Waals surface area (Å²) in [5, 5.41) is 25.6. The molecule has 0 aliphatic carbocycles. The van der Waals surface area contributed by atoms with E-state index in [0.717, 1.165) is 35.3 Å². The second-order valence-corrected chi connectivity index (χ2v) is 5.70. The van der Waals surface area contributed by atoms with Gasteiger partial charge in [-0.25, -0.2) is 0 Å². The lowest BCUT2D eigenvalue weighted by atomic mass is 10.0. The highest BCUT2D eigenvalue weighted by Gasteiger charge is 2.14. The van der Waals surface area contributed by atoms with Crippen molar-refractivity contribution in [2.24, 2.45) is 0 Å². The van der Waals surface area contributed by atoms with Gasteiger partial charge in [-0.1, -0.05) is 26.0 Å². The van der Waals surface area contributed by atoms with Crippen molar-refractivity contribution in [2.45, 2.75) is 33.2 Å². The molecule has 6 nitrogen and oxygen atoms in total. The summed E-state index contributed by atoms with van der Waals surface area (Å²) in [5.41, 5.74) is 4.42. The average molecular weight is 332 g/mol. The van der Waals surface area contributed by atoms with Crippen molar-refractivity contribution < 1.29 is 0 Å². The van der Waals surface area contributed by atoms with Crippen LogP contribution in [0.2, 0.25) is 0 Å². The normalized spacial score (nSPS) is 10.4.